The van der Waals surface area contributed by atoms with Crippen LogP contribution in [0.4, 0.5) is 9.18 Å². The van der Waals surface area contributed by atoms with Crippen molar-refractivity contribution in [2.45, 2.75) is 19.4 Å². The number of ether oxygens (including phenoxy) is 1. The van der Waals surface area contributed by atoms with E-state index in [0.717, 1.165) is 24.2 Å². The molecule has 1 heterocycles. The highest BCUT2D eigenvalue weighted by atomic mass is 19.1. The minimum absolute atomic E-state index is 0.264. The molecule has 23 heavy (non-hydrogen) atoms. The molecule has 2 amide bonds. The number of fused-ring (bicyclic) bond motifs is 1. The van der Waals surface area contributed by atoms with Gasteiger partial charge in [-0.2, -0.15) is 0 Å². The average molecular weight is 314 g/mol. The Morgan fingerprint density at radius 3 is 2.65 bits per heavy atom. The summed E-state index contributed by atoms with van der Waals surface area (Å²) in [5, 5.41) is 0. The standard InChI is InChI=1S/C18H19FN2O2/c19-16-3-1-2-13(10-16)12-23-17-5-4-14-6-8-21(18(20)22)9-7-15(14)11-17/h1-5,10-11H,6-9,12H2,(H2,20,22). The molecule has 4 nitrogen and oxygen atoms in total. The van der Waals surface area contributed by atoms with Gasteiger partial charge in [0.25, 0.3) is 0 Å². The van der Waals surface area contributed by atoms with Crippen LogP contribution >= 0.6 is 0 Å². The number of hydrogen-bond donors (Lipinski definition) is 1. The second kappa shape index (κ2) is 6.69. The fourth-order valence-electron chi connectivity index (χ4n) is 2.81. The Bertz CT molecular complexity index is 718. The predicted molar refractivity (Wildman–Crippen MR) is 85.7 cm³/mol. The number of carbonyl (C=O) groups is 1. The summed E-state index contributed by atoms with van der Waals surface area (Å²) in [6.45, 7) is 1.59. The third-order valence-electron chi connectivity index (χ3n) is 4.09. The Hall–Kier alpha value is -2.56. The van der Waals surface area contributed by atoms with Crippen LogP contribution in [0.3, 0.4) is 0 Å². The molecule has 2 aromatic rings. The number of benzene rings is 2. The first-order valence-electron chi connectivity index (χ1n) is 7.65. The van der Waals surface area contributed by atoms with Gasteiger partial charge in [0.2, 0.25) is 0 Å². The summed E-state index contributed by atoms with van der Waals surface area (Å²) in [6.07, 6.45) is 1.55. The zero-order valence-corrected chi connectivity index (χ0v) is 12.8. The number of primary amides is 1. The number of nitrogens with zero attached hydrogens (tertiary/aromatic N) is 1. The van der Waals surface area contributed by atoms with Crippen LogP contribution < -0.4 is 10.5 Å². The van der Waals surface area contributed by atoms with Gasteiger partial charge in [0.1, 0.15) is 18.2 Å². The summed E-state index contributed by atoms with van der Waals surface area (Å²) < 4.78 is 18.9. The van der Waals surface area contributed by atoms with E-state index in [0.29, 0.717) is 19.7 Å². The molecular weight excluding hydrogens is 295 g/mol. The molecule has 0 saturated carbocycles. The molecule has 0 bridgehead atoms. The number of amides is 2. The van der Waals surface area contributed by atoms with Crippen LogP contribution in [0, 0.1) is 5.82 Å². The maximum absolute atomic E-state index is 13.2. The molecule has 2 N–H and O–H groups in total. The third kappa shape index (κ3) is 3.80. The summed E-state index contributed by atoms with van der Waals surface area (Å²) in [5.74, 6) is 0.486. The van der Waals surface area contributed by atoms with Crippen LogP contribution in [0.5, 0.6) is 5.75 Å². The van der Waals surface area contributed by atoms with Gasteiger partial charge in [-0.15, -0.1) is 0 Å². The fraction of sp³-hybridized carbons (Fsp3) is 0.278. The van der Waals surface area contributed by atoms with E-state index in [-0.39, 0.29) is 11.8 Å². The number of hydrogen-bond acceptors (Lipinski definition) is 2. The van der Waals surface area contributed by atoms with Crippen molar-refractivity contribution in [3.05, 3.63) is 65.0 Å². The highest BCUT2D eigenvalue weighted by Gasteiger charge is 2.16. The second-order valence-corrected chi connectivity index (χ2v) is 5.67. The summed E-state index contributed by atoms with van der Waals surface area (Å²) in [5.41, 5.74) is 8.54. The normalized spacial score (nSPS) is 14.0. The quantitative estimate of drug-likeness (QED) is 0.947. The van der Waals surface area contributed by atoms with Gasteiger partial charge in [-0.3, -0.25) is 0 Å². The van der Waals surface area contributed by atoms with Crippen molar-refractivity contribution < 1.29 is 13.9 Å². The Kier molecular flexibility index (Phi) is 4.46. The number of carbonyl (C=O) groups excluding carboxylic acids is 1. The van der Waals surface area contributed by atoms with E-state index in [1.165, 1.54) is 23.3 Å². The molecule has 0 saturated heterocycles. The third-order valence-corrected chi connectivity index (χ3v) is 4.09. The van der Waals surface area contributed by atoms with Gasteiger partial charge in [0.05, 0.1) is 0 Å². The Labute approximate surface area is 134 Å². The van der Waals surface area contributed by atoms with Crippen LogP contribution in [0.1, 0.15) is 16.7 Å². The number of rotatable bonds is 3. The molecule has 1 aliphatic heterocycles. The smallest absolute Gasteiger partial charge is 0.314 e. The minimum Gasteiger partial charge on any atom is -0.489 e. The molecule has 1 aliphatic rings. The highest BCUT2D eigenvalue weighted by Crippen LogP contribution is 2.22. The van der Waals surface area contributed by atoms with Crippen molar-refractivity contribution >= 4 is 6.03 Å². The Morgan fingerprint density at radius 2 is 1.91 bits per heavy atom. The van der Waals surface area contributed by atoms with Gasteiger partial charge in [-0.25, -0.2) is 9.18 Å². The maximum atomic E-state index is 13.2. The molecular formula is C18H19FN2O2. The van der Waals surface area contributed by atoms with Crippen LogP contribution in [-0.2, 0) is 19.4 Å². The molecule has 0 aliphatic carbocycles. The molecule has 5 heteroatoms. The van der Waals surface area contributed by atoms with E-state index in [2.05, 4.69) is 0 Å². The van der Waals surface area contributed by atoms with Gasteiger partial charge in [-0.05, 0) is 53.8 Å². The first-order chi connectivity index (χ1) is 11.1. The van der Waals surface area contributed by atoms with Crippen molar-refractivity contribution in [3.63, 3.8) is 0 Å². The van der Waals surface area contributed by atoms with Crippen molar-refractivity contribution in [2.75, 3.05) is 13.1 Å². The van der Waals surface area contributed by atoms with E-state index < -0.39 is 0 Å². The zero-order valence-electron chi connectivity index (χ0n) is 12.8. The molecule has 0 atom stereocenters. The molecule has 0 radical (unpaired) electrons. The van der Waals surface area contributed by atoms with E-state index in [1.54, 1.807) is 11.0 Å². The van der Waals surface area contributed by atoms with Crippen molar-refractivity contribution in [1.29, 1.82) is 0 Å². The van der Waals surface area contributed by atoms with Gasteiger partial charge < -0.3 is 15.4 Å². The lowest BCUT2D eigenvalue weighted by molar-refractivity contribution is 0.210. The summed E-state index contributed by atoms with van der Waals surface area (Å²) in [6, 6.07) is 11.9. The van der Waals surface area contributed by atoms with Crippen LogP contribution in [0.25, 0.3) is 0 Å². The van der Waals surface area contributed by atoms with E-state index >= 15 is 0 Å². The molecule has 0 unspecified atom stereocenters. The molecule has 3 rings (SSSR count). The largest absolute Gasteiger partial charge is 0.489 e. The molecule has 0 spiro atoms. The summed E-state index contributed by atoms with van der Waals surface area (Å²) >= 11 is 0. The van der Waals surface area contributed by atoms with Crippen LogP contribution in [0.2, 0.25) is 0 Å². The van der Waals surface area contributed by atoms with Crippen molar-refractivity contribution in [1.82, 2.24) is 4.90 Å². The Morgan fingerprint density at radius 1 is 1.13 bits per heavy atom. The first kappa shape index (κ1) is 15.3. The fourth-order valence-corrected chi connectivity index (χ4v) is 2.81. The number of nitrogens with two attached hydrogens (primary N) is 1. The van der Waals surface area contributed by atoms with E-state index in [9.17, 15) is 9.18 Å². The SMILES string of the molecule is NC(=O)N1CCc2ccc(OCc3cccc(F)c3)cc2CC1. The predicted octanol–water partition coefficient (Wildman–Crippen LogP) is 2.88. The van der Waals surface area contributed by atoms with Gasteiger partial charge >= 0.3 is 6.03 Å². The molecule has 0 fully saturated rings. The summed E-state index contributed by atoms with van der Waals surface area (Å²) in [7, 11) is 0. The lowest BCUT2D eigenvalue weighted by Gasteiger charge is -2.16. The molecule has 2 aromatic carbocycles. The highest BCUT2D eigenvalue weighted by molar-refractivity contribution is 5.72. The van der Waals surface area contributed by atoms with Crippen molar-refractivity contribution in [2.24, 2.45) is 5.73 Å². The van der Waals surface area contributed by atoms with Gasteiger partial charge in [0.15, 0.2) is 0 Å². The van der Waals surface area contributed by atoms with Gasteiger partial charge in [0, 0.05) is 13.1 Å². The topological polar surface area (TPSA) is 55.6 Å². The van der Waals surface area contributed by atoms with Crippen LogP contribution in [-0.4, -0.2) is 24.0 Å². The van der Waals surface area contributed by atoms with Gasteiger partial charge in [-0.1, -0.05) is 18.2 Å². The number of urea groups is 1. The Balaban J connectivity index is 1.68. The lowest BCUT2D eigenvalue weighted by atomic mass is 10.0. The summed E-state index contributed by atoms with van der Waals surface area (Å²) in [4.78, 5) is 13.0. The first-order valence-corrected chi connectivity index (χ1v) is 7.65. The maximum Gasteiger partial charge on any atom is 0.314 e. The zero-order chi connectivity index (χ0) is 16.2. The van der Waals surface area contributed by atoms with E-state index in [4.69, 9.17) is 10.5 Å². The second-order valence-electron chi connectivity index (χ2n) is 5.67. The van der Waals surface area contributed by atoms with Crippen molar-refractivity contribution in [3.8, 4) is 5.75 Å². The minimum atomic E-state index is -0.375. The monoisotopic (exact) mass is 314 g/mol. The lowest BCUT2D eigenvalue weighted by Crippen LogP contribution is -2.37. The van der Waals surface area contributed by atoms with Crippen LogP contribution in [0.15, 0.2) is 42.5 Å². The molecule has 120 valence electrons. The number of halogens is 1. The average Bonchev–Trinajstić information content (AvgIpc) is 2.75. The van der Waals surface area contributed by atoms with E-state index in [1.807, 2.05) is 24.3 Å². The molecule has 0 aromatic heterocycles.